The number of phenols is 1. The van der Waals surface area contributed by atoms with Gasteiger partial charge >= 0.3 is 0 Å². The van der Waals surface area contributed by atoms with Crippen molar-refractivity contribution in [1.29, 1.82) is 0 Å². The fourth-order valence-electron chi connectivity index (χ4n) is 1.53. The molecule has 14 heavy (non-hydrogen) atoms. The van der Waals surface area contributed by atoms with Crippen LogP contribution in [0.1, 0.15) is 5.69 Å². The maximum Gasteiger partial charge on any atom is 0.141 e. The molecule has 0 radical (unpaired) electrons. The van der Waals surface area contributed by atoms with E-state index in [-0.39, 0.29) is 5.75 Å². The van der Waals surface area contributed by atoms with E-state index < -0.39 is 0 Å². The number of fused-ring (bicyclic) bond motifs is 1. The van der Waals surface area contributed by atoms with Crippen LogP contribution in [0.4, 0.5) is 5.69 Å². The van der Waals surface area contributed by atoms with Crippen LogP contribution in [0, 0.1) is 6.92 Å². The van der Waals surface area contributed by atoms with E-state index in [9.17, 15) is 5.11 Å². The van der Waals surface area contributed by atoms with Gasteiger partial charge in [-0.1, -0.05) is 12.1 Å². The molecule has 0 saturated heterocycles. The summed E-state index contributed by atoms with van der Waals surface area (Å²) < 4.78 is 0. The minimum Gasteiger partial charge on any atom is -0.506 e. The highest BCUT2D eigenvalue weighted by Gasteiger charge is 2.04. The van der Waals surface area contributed by atoms with Crippen LogP contribution >= 0.6 is 0 Å². The van der Waals surface area contributed by atoms with Gasteiger partial charge in [0, 0.05) is 12.4 Å². The lowest BCUT2D eigenvalue weighted by Crippen LogP contribution is -1.94. The van der Waals surface area contributed by atoms with E-state index in [0.717, 1.165) is 16.8 Å². The van der Waals surface area contributed by atoms with Crippen LogP contribution < -0.4 is 5.32 Å². The van der Waals surface area contributed by atoms with Gasteiger partial charge in [0.1, 0.15) is 11.3 Å². The average Bonchev–Trinajstić information content (AvgIpc) is 2.19. The number of hydrogen-bond donors (Lipinski definition) is 2. The number of aromatic nitrogens is 1. The Morgan fingerprint density at radius 1 is 1.36 bits per heavy atom. The zero-order chi connectivity index (χ0) is 10.1. The summed E-state index contributed by atoms with van der Waals surface area (Å²) in [7, 11) is 1.86. The van der Waals surface area contributed by atoms with Gasteiger partial charge < -0.3 is 10.4 Å². The van der Waals surface area contributed by atoms with Gasteiger partial charge in [-0.15, -0.1) is 0 Å². The van der Waals surface area contributed by atoms with Crippen molar-refractivity contribution in [2.24, 2.45) is 0 Å². The molecule has 0 aliphatic carbocycles. The highest BCUT2D eigenvalue weighted by molar-refractivity contribution is 5.87. The molecule has 1 heterocycles. The van der Waals surface area contributed by atoms with Crippen LogP contribution in [-0.4, -0.2) is 17.1 Å². The lowest BCUT2D eigenvalue weighted by Gasteiger charge is -2.07. The average molecular weight is 188 g/mol. The van der Waals surface area contributed by atoms with E-state index in [4.69, 9.17) is 0 Å². The summed E-state index contributed by atoms with van der Waals surface area (Å²) >= 11 is 0. The largest absolute Gasteiger partial charge is 0.506 e. The molecule has 2 aromatic rings. The molecule has 0 atom stereocenters. The van der Waals surface area contributed by atoms with Gasteiger partial charge in [0.25, 0.3) is 0 Å². The van der Waals surface area contributed by atoms with E-state index in [2.05, 4.69) is 10.3 Å². The Labute approximate surface area is 82.4 Å². The predicted octanol–water partition coefficient (Wildman–Crippen LogP) is 2.29. The number of pyridine rings is 1. The molecule has 0 fully saturated rings. The predicted molar refractivity (Wildman–Crippen MR) is 57.7 cm³/mol. The summed E-state index contributed by atoms with van der Waals surface area (Å²) in [6, 6.07) is 7.38. The summed E-state index contributed by atoms with van der Waals surface area (Å²) in [6.07, 6.45) is 0. The van der Waals surface area contributed by atoms with E-state index in [0.29, 0.717) is 5.52 Å². The third kappa shape index (κ3) is 1.27. The van der Waals surface area contributed by atoms with Gasteiger partial charge in [0.2, 0.25) is 0 Å². The first-order chi connectivity index (χ1) is 6.72. The molecular formula is C11H12N2O. The Morgan fingerprint density at radius 3 is 2.86 bits per heavy atom. The molecular weight excluding hydrogens is 176 g/mol. The summed E-state index contributed by atoms with van der Waals surface area (Å²) in [5.41, 5.74) is 2.54. The lowest BCUT2D eigenvalue weighted by atomic mass is 10.1. The zero-order valence-corrected chi connectivity index (χ0v) is 8.20. The molecule has 72 valence electrons. The van der Waals surface area contributed by atoms with Crippen molar-refractivity contribution in [2.45, 2.75) is 6.92 Å². The quantitative estimate of drug-likeness (QED) is 0.721. The molecule has 1 aromatic heterocycles. The van der Waals surface area contributed by atoms with Gasteiger partial charge in [0.15, 0.2) is 0 Å². The number of hydrogen-bond acceptors (Lipinski definition) is 3. The van der Waals surface area contributed by atoms with E-state index in [1.54, 1.807) is 6.07 Å². The van der Waals surface area contributed by atoms with Crippen molar-refractivity contribution in [2.75, 3.05) is 12.4 Å². The van der Waals surface area contributed by atoms with Crippen LogP contribution in [-0.2, 0) is 0 Å². The standard InChI is InChI=1S/C11H12N2O/c1-7-9(12-2)6-8-4-3-5-10(14)11(8)13-7/h3-6,12,14H,1-2H3. The molecule has 3 heteroatoms. The molecule has 0 spiro atoms. The van der Waals surface area contributed by atoms with Gasteiger partial charge in [-0.25, -0.2) is 4.98 Å². The molecule has 0 aliphatic heterocycles. The second-order valence-corrected chi connectivity index (χ2v) is 3.22. The summed E-state index contributed by atoms with van der Waals surface area (Å²) in [5.74, 6) is 0.230. The molecule has 0 unspecified atom stereocenters. The second-order valence-electron chi connectivity index (χ2n) is 3.22. The molecule has 2 N–H and O–H groups in total. The first-order valence-electron chi connectivity index (χ1n) is 4.49. The second kappa shape index (κ2) is 3.18. The summed E-state index contributed by atoms with van der Waals surface area (Å²) in [4.78, 5) is 4.33. The Balaban J connectivity index is 2.79. The number of nitrogens with zero attached hydrogens (tertiary/aromatic N) is 1. The number of nitrogens with one attached hydrogen (secondary N) is 1. The third-order valence-electron chi connectivity index (χ3n) is 2.28. The first kappa shape index (κ1) is 8.81. The maximum atomic E-state index is 9.58. The number of anilines is 1. The normalized spacial score (nSPS) is 10.4. The van der Waals surface area contributed by atoms with E-state index in [1.807, 2.05) is 32.2 Å². The van der Waals surface area contributed by atoms with E-state index in [1.165, 1.54) is 0 Å². The number of benzene rings is 1. The molecule has 0 amide bonds. The molecule has 0 bridgehead atoms. The Kier molecular flexibility index (Phi) is 2.00. The summed E-state index contributed by atoms with van der Waals surface area (Å²) in [6.45, 7) is 1.91. The number of rotatable bonds is 1. The molecule has 1 aromatic carbocycles. The van der Waals surface area contributed by atoms with Crippen molar-refractivity contribution in [3.63, 3.8) is 0 Å². The first-order valence-corrected chi connectivity index (χ1v) is 4.49. The molecule has 0 saturated carbocycles. The van der Waals surface area contributed by atoms with Crippen LogP contribution in [0.2, 0.25) is 0 Å². The van der Waals surface area contributed by atoms with Crippen molar-refractivity contribution in [3.8, 4) is 5.75 Å². The van der Waals surface area contributed by atoms with Crippen molar-refractivity contribution < 1.29 is 5.11 Å². The minimum absolute atomic E-state index is 0.230. The number of aryl methyl sites for hydroxylation is 1. The summed E-state index contributed by atoms with van der Waals surface area (Å²) in [5, 5.41) is 13.6. The zero-order valence-electron chi connectivity index (χ0n) is 8.20. The highest BCUT2D eigenvalue weighted by atomic mass is 16.3. The molecule has 2 rings (SSSR count). The SMILES string of the molecule is CNc1cc2cccc(O)c2nc1C. The van der Waals surface area contributed by atoms with Crippen molar-refractivity contribution in [1.82, 2.24) is 4.98 Å². The van der Waals surface area contributed by atoms with Crippen LogP contribution in [0.25, 0.3) is 10.9 Å². The fraction of sp³-hybridized carbons (Fsp3) is 0.182. The fourth-order valence-corrected chi connectivity index (χ4v) is 1.53. The number of para-hydroxylation sites is 1. The Hall–Kier alpha value is -1.77. The Bertz CT molecular complexity index is 480. The van der Waals surface area contributed by atoms with Crippen LogP contribution in [0.3, 0.4) is 0 Å². The van der Waals surface area contributed by atoms with Crippen molar-refractivity contribution >= 4 is 16.6 Å². The topological polar surface area (TPSA) is 45.1 Å². The highest BCUT2D eigenvalue weighted by Crippen LogP contribution is 2.26. The van der Waals surface area contributed by atoms with Gasteiger partial charge in [0.05, 0.1) is 11.4 Å². The molecule has 0 aliphatic rings. The van der Waals surface area contributed by atoms with Crippen LogP contribution in [0.5, 0.6) is 5.75 Å². The minimum atomic E-state index is 0.230. The third-order valence-corrected chi connectivity index (χ3v) is 2.28. The number of aromatic hydroxyl groups is 1. The monoisotopic (exact) mass is 188 g/mol. The maximum absolute atomic E-state index is 9.58. The number of phenolic OH excluding ortho intramolecular Hbond substituents is 1. The van der Waals surface area contributed by atoms with Gasteiger partial charge in [-0.05, 0) is 19.1 Å². The van der Waals surface area contributed by atoms with Gasteiger partial charge in [-0.2, -0.15) is 0 Å². The Morgan fingerprint density at radius 2 is 2.14 bits per heavy atom. The van der Waals surface area contributed by atoms with Crippen LogP contribution in [0.15, 0.2) is 24.3 Å². The van der Waals surface area contributed by atoms with Gasteiger partial charge in [-0.3, -0.25) is 0 Å². The van der Waals surface area contributed by atoms with E-state index >= 15 is 0 Å². The lowest BCUT2D eigenvalue weighted by molar-refractivity contribution is 0.480. The van der Waals surface area contributed by atoms with Crippen molar-refractivity contribution in [3.05, 3.63) is 30.0 Å². The smallest absolute Gasteiger partial charge is 0.141 e. The molecule has 3 nitrogen and oxygen atoms in total.